The van der Waals surface area contributed by atoms with E-state index < -0.39 is 13.2 Å². The molecule has 3 aromatic rings. The van der Waals surface area contributed by atoms with Crippen LogP contribution in [0.15, 0.2) is 60.7 Å². The Hall–Kier alpha value is -2.66. The third kappa shape index (κ3) is 7.05. The molecule has 0 bridgehead atoms. The summed E-state index contributed by atoms with van der Waals surface area (Å²) in [7, 11) is -1.50. The lowest BCUT2D eigenvalue weighted by Crippen LogP contribution is -2.21. The number of hydrogen-bond donors (Lipinski definition) is 2. The molecule has 0 aromatic heterocycles. The van der Waals surface area contributed by atoms with Crippen molar-refractivity contribution in [1.82, 2.24) is 0 Å². The molecule has 1 saturated carbocycles. The van der Waals surface area contributed by atoms with Crippen LogP contribution < -0.4 is 4.74 Å². The van der Waals surface area contributed by atoms with Crippen molar-refractivity contribution in [1.29, 1.82) is 0 Å². The van der Waals surface area contributed by atoms with E-state index in [1.54, 1.807) is 7.11 Å². The summed E-state index contributed by atoms with van der Waals surface area (Å²) >= 11 is 0. The number of ether oxygens (including phenoxy) is 2. The Bertz CT molecular complexity index is 1320. The maximum Gasteiger partial charge on any atom is 0.198 e. The molecule has 3 aromatic carbocycles. The summed E-state index contributed by atoms with van der Waals surface area (Å²) in [6.07, 6.45) is 2.12. The molecule has 0 saturated heterocycles. The van der Waals surface area contributed by atoms with E-state index in [0.717, 1.165) is 29.5 Å². The van der Waals surface area contributed by atoms with E-state index in [0.29, 0.717) is 29.4 Å². The average Bonchev–Trinajstić information content (AvgIpc) is 3.68. The van der Waals surface area contributed by atoms with Crippen LogP contribution in [0.25, 0.3) is 11.1 Å². The van der Waals surface area contributed by atoms with Gasteiger partial charge in [0.05, 0.1) is 6.10 Å². The van der Waals surface area contributed by atoms with Crippen molar-refractivity contribution in [3.8, 4) is 22.6 Å². The highest BCUT2D eigenvalue weighted by molar-refractivity contribution is 7.57. The van der Waals surface area contributed by atoms with Crippen LogP contribution in [0.4, 0.5) is 4.39 Å². The molecule has 3 atom stereocenters. The standard InChI is InChI=1S/C31H38FO5P/c1-31(2,3)30(36-4)27-15-20(9-13-25(27)26-17-23(33)12-14-29(26)32)18-37-24-8-6-7-22(16-24)28(21-10-11-21)19-38(5,34)35/h6-9,12-17,21,28,30,33H,10-11,18-19H2,1-5H3,(H,34,35)/t28-,30+/m0/s1. The van der Waals surface area contributed by atoms with E-state index in [4.69, 9.17) is 9.47 Å². The van der Waals surface area contributed by atoms with Crippen molar-refractivity contribution >= 4 is 7.37 Å². The highest BCUT2D eigenvalue weighted by atomic mass is 31.2. The van der Waals surface area contributed by atoms with Gasteiger partial charge in [-0.1, -0.05) is 45.0 Å². The number of methoxy groups -OCH3 is 1. The summed E-state index contributed by atoms with van der Waals surface area (Å²) in [6.45, 7) is 7.92. The lowest BCUT2D eigenvalue weighted by molar-refractivity contribution is 0.0155. The highest BCUT2D eigenvalue weighted by Crippen LogP contribution is 2.51. The molecule has 1 fully saturated rings. The number of benzene rings is 3. The van der Waals surface area contributed by atoms with E-state index in [-0.39, 0.29) is 29.3 Å². The molecular formula is C31H38FO5P. The van der Waals surface area contributed by atoms with Gasteiger partial charge in [0, 0.05) is 25.5 Å². The first-order valence-electron chi connectivity index (χ1n) is 13.0. The summed E-state index contributed by atoms with van der Waals surface area (Å²) < 4.78 is 39.0. The molecule has 0 spiro atoms. The van der Waals surface area contributed by atoms with Gasteiger partial charge in [-0.3, -0.25) is 4.57 Å². The minimum Gasteiger partial charge on any atom is -0.508 e. The van der Waals surface area contributed by atoms with Crippen LogP contribution in [-0.4, -0.2) is 29.9 Å². The van der Waals surface area contributed by atoms with E-state index in [2.05, 4.69) is 20.8 Å². The third-order valence-electron chi connectivity index (χ3n) is 7.08. The fraction of sp³-hybridized carbons (Fsp3) is 0.419. The van der Waals surface area contributed by atoms with Crippen LogP contribution in [0.2, 0.25) is 0 Å². The lowest BCUT2D eigenvalue weighted by atomic mass is 9.81. The van der Waals surface area contributed by atoms with Crippen molar-refractivity contribution in [2.24, 2.45) is 11.3 Å². The molecule has 204 valence electrons. The second-order valence-electron chi connectivity index (χ2n) is 11.6. The first-order chi connectivity index (χ1) is 17.9. The Morgan fingerprint density at radius 2 is 1.79 bits per heavy atom. The fourth-order valence-electron chi connectivity index (χ4n) is 5.22. The van der Waals surface area contributed by atoms with Crippen molar-refractivity contribution in [2.75, 3.05) is 19.9 Å². The monoisotopic (exact) mass is 540 g/mol. The van der Waals surface area contributed by atoms with Crippen LogP contribution in [0.1, 0.15) is 62.3 Å². The van der Waals surface area contributed by atoms with E-state index in [9.17, 15) is 19.0 Å². The number of phenols is 1. The quantitative estimate of drug-likeness (QED) is 0.256. The molecule has 5 nitrogen and oxygen atoms in total. The minimum atomic E-state index is -3.14. The molecule has 2 N–H and O–H groups in total. The van der Waals surface area contributed by atoms with Gasteiger partial charge in [-0.15, -0.1) is 0 Å². The van der Waals surface area contributed by atoms with Crippen LogP contribution in [0.3, 0.4) is 0 Å². The summed E-state index contributed by atoms with van der Waals surface area (Å²) in [5.41, 5.74) is 3.45. The Balaban J connectivity index is 1.63. The second-order valence-corrected chi connectivity index (χ2v) is 14.1. The maximum absolute atomic E-state index is 14.8. The van der Waals surface area contributed by atoms with E-state index in [1.807, 2.05) is 42.5 Å². The molecule has 38 heavy (non-hydrogen) atoms. The van der Waals surface area contributed by atoms with Gasteiger partial charge in [-0.25, -0.2) is 4.39 Å². The van der Waals surface area contributed by atoms with Crippen molar-refractivity contribution in [2.45, 2.75) is 52.2 Å². The van der Waals surface area contributed by atoms with Crippen molar-refractivity contribution < 1.29 is 28.4 Å². The third-order valence-corrected chi connectivity index (χ3v) is 8.15. The highest BCUT2D eigenvalue weighted by Gasteiger charge is 2.35. The average molecular weight is 541 g/mol. The number of phenolic OH excluding ortho intramolecular Hbond substituents is 1. The second kappa shape index (κ2) is 11.2. The topological polar surface area (TPSA) is 76.0 Å². The fourth-order valence-corrected chi connectivity index (χ4v) is 6.46. The first kappa shape index (κ1) is 28.4. The predicted molar refractivity (Wildman–Crippen MR) is 150 cm³/mol. The molecule has 0 amide bonds. The minimum absolute atomic E-state index is 0.00510. The number of hydrogen-bond acceptors (Lipinski definition) is 4. The summed E-state index contributed by atoms with van der Waals surface area (Å²) in [5, 5.41) is 10.0. The van der Waals surface area contributed by atoms with Gasteiger partial charge < -0.3 is 19.5 Å². The van der Waals surface area contributed by atoms with Crippen LogP contribution >= 0.6 is 7.37 Å². The van der Waals surface area contributed by atoms with Gasteiger partial charge in [0.15, 0.2) is 7.37 Å². The zero-order valence-electron chi connectivity index (χ0n) is 22.8. The van der Waals surface area contributed by atoms with Crippen molar-refractivity contribution in [3.05, 3.63) is 83.2 Å². The largest absolute Gasteiger partial charge is 0.508 e. The lowest BCUT2D eigenvalue weighted by Gasteiger charge is -2.32. The number of halogens is 1. The Morgan fingerprint density at radius 1 is 1.05 bits per heavy atom. The van der Waals surface area contributed by atoms with E-state index in [1.165, 1.54) is 24.9 Å². The first-order valence-corrected chi connectivity index (χ1v) is 15.3. The van der Waals surface area contributed by atoms with Gasteiger partial charge in [0.1, 0.15) is 23.9 Å². The molecule has 7 heteroatoms. The molecule has 0 radical (unpaired) electrons. The van der Waals surface area contributed by atoms with Gasteiger partial charge in [-0.05, 0) is 88.7 Å². The molecule has 0 aliphatic heterocycles. The summed E-state index contributed by atoms with van der Waals surface area (Å²) in [6, 6.07) is 17.6. The number of rotatable bonds is 10. The van der Waals surface area contributed by atoms with Crippen molar-refractivity contribution in [3.63, 3.8) is 0 Å². The van der Waals surface area contributed by atoms with Gasteiger partial charge in [0.25, 0.3) is 0 Å². The van der Waals surface area contributed by atoms with Crippen LogP contribution in [-0.2, 0) is 15.9 Å². The van der Waals surface area contributed by atoms with Gasteiger partial charge in [-0.2, -0.15) is 0 Å². The summed E-state index contributed by atoms with van der Waals surface area (Å²) in [5.74, 6) is 0.771. The molecule has 1 unspecified atom stereocenters. The predicted octanol–water partition coefficient (Wildman–Crippen LogP) is 7.90. The molecule has 1 aliphatic carbocycles. The van der Waals surface area contributed by atoms with Crippen LogP contribution in [0, 0.1) is 17.2 Å². The summed E-state index contributed by atoms with van der Waals surface area (Å²) in [4.78, 5) is 10.0. The van der Waals surface area contributed by atoms with Crippen LogP contribution in [0.5, 0.6) is 11.5 Å². The maximum atomic E-state index is 14.8. The van der Waals surface area contributed by atoms with Gasteiger partial charge in [0.2, 0.25) is 0 Å². The normalized spacial score (nSPS) is 17.0. The molecule has 0 heterocycles. The number of aromatic hydroxyl groups is 1. The smallest absolute Gasteiger partial charge is 0.198 e. The van der Waals surface area contributed by atoms with Gasteiger partial charge >= 0.3 is 0 Å². The SMILES string of the molecule is CO[C@H](c1cc(COc2cccc([C@@H](CP(C)(=O)O)C3CC3)c2)ccc1-c1cc(O)ccc1F)C(C)(C)C. The van der Waals surface area contributed by atoms with E-state index >= 15 is 0 Å². The molecule has 1 aliphatic rings. The molecular weight excluding hydrogens is 502 g/mol. The Morgan fingerprint density at radius 3 is 2.42 bits per heavy atom. The zero-order chi connectivity index (χ0) is 27.7. The Kier molecular flexibility index (Phi) is 8.37. The molecule has 4 rings (SSSR count). The zero-order valence-corrected chi connectivity index (χ0v) is 23.7. The Labute approximate surface area is 225 Å².